The zero-order valence-corrected chi connectivity index (χ0v) is 12.3. The summed E-state index contributed by atoms with van der Waals surface area (Å²) in [6.45, 7) is 0.828. The number of nitrogens with one attached hydrogen (secondary N) is 1. The summed E-state index contributed by atoms with van der Waals surface area (Å²) in [5.74, 6) is 0.0163. The van der Waals surface area contributed by atoms with Crippen molar-refractivity contribution in [1.29, 1.82) is 5.26 Å². The molecule has 1 amide bonds. The molecule has 1 N–H and O–H groups in total. The minimum absolute atomic E-state index is 0.0163. The normalized spacial score (nSPS) is 26.2. The minimum atomic E-state index is -0.610. The maximum atomic E-state index is 12.1. The third kappa shape index (κ3) is 4.49. The van der Waals surface area contributed by atoms with Crippen molar-refractivity contribution < 1.29 is 9.53 Å². The predicted molar refractivity (Wildman–Crippen MR) is 77.0 cm³/mol. The van der Waals surface area contributed by atoms with Crippen LogP contribution in [-0.4, -0.2) is 24.2 Å². The molecular weight excluding hydrogens is 252 g/mol. The van der Waals surface area contributed by atoms with E-state index in [0.29, 0.717) is 6.42 Å². The molecule has 2 fully saturated rings. The third-order valence-electron chi connectivity index (χ3n) is 4.52. The van der Waals surface area contributed by atoms with Gasteiger partial charge in [0.25, 0.3) is 0 Å². The average Bonchev–Trinajstić information content (AvgIpc) is 2.72. The monoisotopic (exact) mass is 278 g/mol. The molecule has 2 rings (SSSR count). The quantitative estimate of drug-likeness (QED) is 0.804. The van der Waals surface area contributed by atoms with E-state index in [1.165, 1.54) is 19.3 Å². The highest BCUT2D eigenvalue weighted by Crippen LogP contribution is 2.27. The molecule has 4 nitrogen and oxygen atoms in total. The van der Waals surface area contributed by atoms with E-state index in [1.807, 2.05) is 0 Å². The van der Waals surface area contributed by atoms with Gasteiger partial charge < -0.3 is 10.1 Å². The summed E-state index contributed by atoms with van der Waals surface area (Å²) in [6.07, 6.45) is 10.9. The van der Waals surface area contributed by atoms with Gasteiger partial charge in [0, 0.05) is 13.0 Å². The van der Waals surface area contributed by atoms with Gasteiger partial charge in [0.15, 0.2) is 0 Å². The van der Waals surface area contributed by atoms with Crippen molar-refractivity contribution in [3.05, 3.63) is 0 Å². The number of hydrogen-bond donors (Lipinski definition) is 1. The predicted octanol–water partition coefficient (Wildman–Crippen LogP) is 3.07. The van der Waals surface area contributed by atoms with Crippen LogP contribution in [0.2, 0.25) is 0 Å². The molecule has 0 aromatic rings. The third-order valence-corrected chi connectivity index (χ3v) is 4.52. The molecule has 1 saturated heterocycles. The Hall–Kier alpha value is -1.08. The Labute approximate surface area is 121 Å². The van der Waals surface area contributed by atoms with Gasteiger partial charge in [-0.1, -0.05) is 25.7 Å². The van der Waals surface area contributed by atoms with Crippen molar-refractivity contribution in [3.8, 4) is 6.07 Å². The van der Waals surface area contributed by atoms with Crippen LogP contribution in [0.1, 0.15) is 70.6 Å². The van der Waals surface area contributed by atoms with Crippen LogP contribution in [0.4, 0.5) is 0 Å². The second-order valence-corrected chi connectivity index (χ2v) is 6.18. The van der Waals surface area contributed by atoms with Crippen LogP contribution >= 0.6 is 0 Å². The van der Waals surface area contributed by atoms with Crippen LogP contribution in [0.3, 0.4) is 0 Å². The molecule has 2 aliphatic rings. The second-order valence-electron chi connectivity index (χ2n) is 6.18. The van der Waals surface area contributed by atoms with Crippen LogP contribution in [0.5, 0.6) is 0 Å². The van der Waals surface area contributed by atoms with Crippen molar-refractivity contribution in [2.24, 2.45) is 0 Å². The summed E-state index contributed by atoms with van der Waals surface area (Å²) in [5, 5.41) is 12.4. The fourth-order valence-electron chi connectivity index (χ4n) is 3.25. The molecule has 1 aliphatic heterocycles. The number of hydrogen-bond acceptors (Lipinski definition) is 3. The maximum absolute atomic E-state index is 12.1. The standard InChI is InChI=1S/C16H26N2O2/c17-13-16(10-4-1-2-5-11-16)18-15(19)9-8-14-7-3-6-12-20-14/h14H,1-12H2,(H,18,19). The van der Waals surface area contributed by atoms with Gasteiger partial charge in [-0.05, 0) is 38.5 Å². The van der Waals surface area contributed by atoms with Gasteiger partial charge in [0.05, 0.1) is 12.2 Å². The van der Waals surface area contributed by atoms with Crippen molar-refractivity contribution in [1.82, 2.24) is 5.32 Å². The topological polar surface area (TPSA) is 62.1 Å². The van der Waals surface area contributed by atoms with Crippen LogP contribution in [0, 0.1) is 11.3 Å². The Kier molecular flexibility index (Phi) is 5.85. The molecule has 4 heteroatoms. The van der Waals surface area contributed by atoms with E-state index in [0.717, 1.165) is 51.6 Å². The van der Waals surface area contributed by atoms with Gasteiger partial charge in [-0.2, -0.15) is 5.26 Å². The Balaban J connectivity index is 1.78. The van der Waals surface area contributed by atoms with Crippen LogP contribution in [0.25, 0.3) is 0 Å². The molecule has 1 atom stereocenters. The minimum Gasteiger partial charge on any atom is -0.378 e. The number of carbonyl (C=O) groups excluding carboxylic acids is 1. The average molecular weight is 278 g/mol. The maximum Gasteiger partial charge on any atom is 0.221 e. The second kappa shape index (κ2) is 7.64. The van der Waals surface area contributed by atoms with E-state index in [1.54, 1.807) is 0 Å². The van der Waals surface area contributed by atoms with Crippen molar-refractivity contribution in [2.45, 2.75) is 82.3 Å². The van der Waals surface area contributed by atoms with Gasteiger partial charge in [-0.25, -0.2) is 0 Å². The Morgan fingerprint density at radius 2 is 1.95 bits per heavy atom. The van der Waals surface area contributed by atoms with Gasteiger partial charge >= 0.3 is 0 Å². The van der Waals surface area contributed by atoms with Gasteiger partial charge in [-0.3, -0.25) is 4.79 Å². The summed E-state index contributed by atoms with van der Waals surface area (Å²) in [6, 6.07) is 2.36. The first-order valence-corrected chi connectivity index (χ1v) is 8.08. The molecule has 112 valence electrons. The van der Waals surface area contributed by atoms with Crippen LogP contribution in [0.15, 0.2) is 0 Å². The molecule has 0 bridgehead atoms. The fourth-order valence-corrected chi connectivity index (χ4v) is 3.25. The first kappa shape index (κ1) is 15.3. The summed E-state index contributed by atoms with van der Waals surface area (Å²) in [5.41, 5.74) is -0.610. The highest BCUT2D eigenvalue weighted by Gasteiger charge is 2.32. The Morgan fingerprint density at radius 3 is 2.55 bits per heavy atom. The molecule has 0 spiro atoms. The number of nitrogens with zero attached hydrogens (tertiary/aromatic N) is 1. The zero-order chi connectivity index (χ0) is 14.3. The number of rotatable bonds is 4. The molecule has 1 aliphatic carbocycles. The number of ether oxygens (including phenoxy) is 1. The number of carbonyl (C=O) groups is 1. The Bertz CT molecular complexity index is 348. The SMILES string of the molecule is N#CC1(NC(=O)CCC2CCCCO2)CCCCCC1. The van der Waals surface area contributed by atoms with E-state index >= 15 is 0 Å². The summed E-state index contributed by atoms with van der Waals surface area (Å²) in [4.78, 5) is 12.1. The Morgan fingerprint density at radius 1 is 1.20 bits per heavy atom. The molecular formula is C16H26N2O2. The zero-order valence-electron chi connectivity index (χ0n) is 12.3. The summed E-state index contributed by atoms with van der Waals surface area (Å²) >= 11 is 0. The summed E-state index contributed by atoms with van der Waals surface area (Å²) in [7, 11) is 0. The van der Waals surface area contributed by atoms with E-state index in [4.69, 9.17) is 4.74 Å². The molecule has 1 saturated carbocycles. The first-order chi connectivity index (χ1) is 9.74. The van der Waals surface area contributed by atoms with Gasteiger partial charge in [0.2, 0.25) is 5.91 Å². The van der Waals surface area contributed by atoms with E-state index < -0.39 is 5.54 Å². The van der Waals surface area contributed by atoms with E-state index in [9.17, 15) is 10.1 Å². The van der Waals surface area contributed by atoms with Gasteiger partial charge in [0.1, 0.15) is 5.54 Å². The van der Waals surface area contributed by atoms with Crippen molar-refractivity contribution >= 4 is 5.91 Å². The first-order valence-electron chi connectivity index (χ1n) is 8.08. The molecule has 0 radical (unpaired) electrons. The largest absolute Gasteiger partial charge is 0.378 e. The van der Waals surface area contributed by atoms with Crippen LogP contribution < -0.4 is 5.32 Å². The van der Waals surface area contributed by atoms with Crippen molar-refractivity contribution in [3.63, 3.8) is 0 Å². The fraction of sp³-hybridized carbons (Fsp3) is 0.875. The highest BCUT2D eigenvalue weighted by atomic mass is 16.5. The lowest BCUT2D eigenvalue weighted by atomic mass is 9.91. The molecule has 1 unspecified atom stereocenters. The van der Waals surface area contributed by atoms with Crippen molar-refractivity contribution in [2.75, 3.05) is 6.61 Å². The summed E-state index contributed by atoms with van der Waals surface area (Å²) < 4.78 is 5.64. The molecule has 1 heterocycles. The molecule has 0 aromatic heterocycles. The van der Waals surface area contributed by atoms with Gasteiger partial charge in [-0.15, -0.1) is 0 Å². The number of nitriles is 1. The molecule has 0 aromatic carbocycles. The lowest BCUT2D eigenvalue weighted by Gasteiger charge is -2.27. The lowest BCUT2D eigenvalue weighted by molar-refractivity contribution is -0.123. The number of amides is 1. The lowest BCUT2D eigenvalue weighted by Crippen LogP contribution is -2.47. The van der Waals surface area contributed by atoms with Crippen LogP contribution in [-0.2, 0) is 9.53 Å². The smallest absolute Gasteiger partial charge is 0.221 e. The van der Waals surface area contributed by atoms with E-state index in [2.05, 4.69) is 11.4 Å². The van der Waals surface area contributed by atoms with E-state index in [-0.39, 0.29) is 12.0 Å². The molecule has 20 heavy (non-hydrogen) atoms. The highest BCUT2D eigenvalue weighted by molar-refractivity contribution is 5.77.